The van der Waals surface area contributed by atoms with Crippen molar-refractivity contribution in [1.29, 1.82) is 0 Å². The molecule has 0 unspecified atom stereocenters. The van der Waals surface area contributed by atoms with Crippen LogP contribution in [-0.4, -0.2) is 17.2 Å². The fourth-order valence-corrected chi connectivity index (χ4v) is 4.90. The van der Waals surface area contributed by atoms with Gasteiger partial charge >= 0.3 is 5.97 Å². The maximum Gasteiger partial charge on any atom is 0.333 e. The van der Waals surface area contributed by atoms with Gasteiger partial charge in [0.1, 0.15) is 11.9 Å². The first kappa shape index (κ1) is 17.8. The number of carbonyl (C=O) groups excluding carboxylic acids is 1. The predicted octanol–water partition coefficient (Wildman–Crippen LogP) is 4.97. The van der Waals surface area contributed by atoms with Crippen LogP contribution in [0.2, 0.25) is 0 Å². The fourth-order valence-electron chi connectivity index (χ4n) is 4.90. The van der Waals surface area contributed by atoms with Crippen molar-refractivity contribution in [1.82, 2.24) is 0 Å². The molecule has 5 rings (SSSR count). The molecule has 4 aliphatic rings. The first-order valence-corrected chi connectivity index (χ1v) is 9.24. The van der Waals surface area contributed by atoms with Crippen LogP contribution in [0.25, 0.3) is 6.08 Å². The Hall–Kier alpha value is -2.03. The molecule has 134 valence electrons. The van der Waals surface area contributed by atoms with E-state index < -0.39 is 0 Å². The van der Waals surface area contributed by atoms with Gasteiger partial charge in [-0.1, -0.05) is 31.4 Å². The van der Waals surface area contributed by atoms with Crippen LogP contribution >= 0.6 is 0 Å². The molecule has 4 aliphatic carbocycles. The molecule has 4 saturated carbocycles. The minimum Gasteiger partial charge on any atom is -0.508 e. The Morgan fingerprint density at radius 1 is 1.08 bits per heavy atom. The summed E-state index contributed by atoms with van der Waals surface area (Å²) in [7, 11) is 0. The molecule has 3 nitrogen and oxygen atoms in total. The zero-order valence-corrected chi connectivity index (χ0v) is 15.0. The molecule has 1 aromatic rings. The molecule has 4 bridgehead atoms. The molecule has 4 fully saturated rings. The summed E-state index contributed by atoms with van der Waals surface area (Å²) >= 11 is 0. The van der Waals surface area contributed by atoms with E-state index in [0.717, 1.165) is 17.4 Å². The molecule has 1 aromatic carbocycles. The van der Waals surface area contributed by atoms with Crippen molar-refractivity contribution >= 4 is 12.0 Å². The first-order valence-electron chi connectivity index (χ1n) is 9.24. The van der Waals surface area contributed by atoms with Crippen LogP contribution in [0.5, 0.6) is 5.75 Å². The summed E-state index contributed by atoms with van der Waals surface area (Å²) in [6.45, 7) is 8.98. The second-order valence-corrected chi connectivity index (χ2v) is 7.88. The Kier molecular flexibility index (Phi) is 5.31. The van der Waals surface area contributed by atoms with E-state index in [4.69, 9.17) is 9.84 Å². The molecular weight excluding hydrogens is 312 g/mol. The molecule has 0 aromatic heterocycles. The van der Waals surface area contributed by atoms with Crippen molar-refractivity contribution in [3.05, 3.63) is 48.6 Å². The Labute approximate surface area is 150 Å². The number of benzene rings is 1. The highest BCUT2D eigenvalue weighted by Crippen LogP contribution is 2.54. The van der Waals surface area contributed by atoms with Crippen molar-refractivity contribution in [2.24, 2.45) is 23.7 Å². The van der Waals surface area contributed by atoms with Crippen LogP contribution < -0.4 is 0 Å². The van der Waals surface area contributed by atoms with E-state index in [-0.39, 0.29) is 12.1 Å². The number of esters is 1. The third-order valence-corrected chi connectivity index (χ3v) is 5.86. The minimum absolute atomic E-state index is 0.183. The Bertz CT molecular complexity index is 616. The molecule has 0 saturated heterocycles. The smallest absolute Gasteiger partial charge is 0.333 e. The monoisotopic (exact) mass is 340 g/mol. The summed E-state index contributed by atoms with van der Waals surface area (Å²) in [4.78, 5) is 11.6. The van der Waals surface area contributed by atoms with Gasteiger partial charge in [-0.05, 0) is 80.4 Å². The summed E-state index contributed by atoms with van der Waals surface area (Å²) in [6.07, 6.45) is 8.55. The summed E-state index contributed by atoms with van der Waals surface area (Å²) in [5.41, 5.74) is 1.56. The summed E-state index contributed by atoms with van der Waals surface area (Å²) in [6, 6.07) is 6.89. The lowest BCUT2D eigenvalue weighted by Gasteiger charge is -2.53. The Balaban J connectivity index is 0.000000173. The second kappa shape index (κ2) is 7.47. The molecule has 1 N–H and O–H groups in total. The van der Waals surface area contributed by atoms with Gasteiger partial charge in [-0.3, -0.25) is 0 Å². The van der Waals surface area contributed by atoms with Crippen LogP contribution in [0.1, 0.15) is 44.6 Å². The number of rotatable bonds is 3. The van der Waals surface area contributed by atoms with Gasteiger partial charge in [-0.2, -0.15) is 0 Å². The van der Waals surface area contributed by atoms with Gasteiger partial charge in [0.25, 0.3) is 0 Å². The van der Waals surface area contributed by atoms with Crippen LogP contribution in [-0.2, 0) is 9.53 Å². The SMILES string of the molecule is C=C(C)C(=O)OC1C2CC3CC(C2)CC1C3.C=Cc1ccc(O)cc1. The molecule has 0 heterocycles. The summed E-state index contributed by atoms with van der Waals surface area (Å²) in [5.74, 6) is 3.28. The quantitative estimate of drug-likeness (QED) is 0.624. The normalized spacial score (nSPS) is 31.6. The standard InChI is InChI=1S/C14H20O2.C8H8O/c1-8(2)14(15)16-13-11-4-9-3-10(6-11)7-12(13)5-9;1-2-7-3-5-8(9)6-4-7/h9-13H,1,3-7H2,2H3;2-6,9H,1H2. The van der Waals surface area contributed by atoms with Crippen LogP contribution in [0.4, 0.5) is 0 Å². The maximum absolute atomic E-state index is 11.6. The molecule has 0 amide bonds. The van der Waals surface area contributed by atoms with E-state index in [1.165, 1.54) is 32.1 Å². The van der Waals surface area contributed by atoms with Gasteiger partial charge in [0.05, 0.1) is 0 Å². The first-order chi connectivity index (χ1) is 12.0. The molecule has 0 spiro atoms. The topological polar surface area (TPSA) is 46.5 Å². The van der Waals surface area contributed by atoms with Gasteiger partial charge in [0, 0.05) is 5.57 Å². The number of ether oxygens (including phenoxy) is 1. The van der Waals surface area contributed by atoms with Gasteiger partial charge in [-0.25, -0.2) is 4.79 Å². The van der Waals surface area contributed by atoms with E-state index in [9.17, 15) is 4.79 Å². The number of carbonyl (C=O) groups is 1. The molecular formula is C22H28O3. The number of phenolic OH excluding ortho intramolecular Hbond substituents is 1. The number of aromatic hydroxyl groups is 1. The van der Waals surface area contributed by atoms with Gasteiger partial charge in [-0.15, -0.1) is 0 Å². The van der Waals surface area contributed by atoms with Crippen molar-refractivity contribution in [3.8, 4) is 5.75 Å². The van der Waals surface area contributed by atoms with Crippen molar-refractivity contribution < 1.29 is 14.6 Å². The molecule has 25 heavy (non-hydrogen) atoms. The average Bonchev–Trinajstić information content (AvgIpc) is 2.58. The van der Waals surface area contributed by atoms with E-state index in [2.05, 4.69) is 13.2 Å². The third kappa shape index (κ3) is 4.15. The summed E-state index contributed by atoms with van der Waals surface area (Å²) < 4.78 is 5.65. The van der Waals surface area contributed by atoms with E-state index in [1.807, 2.05) is 12.1 Å². The van der Waals surface area contributed by atoms with Gasteiger partial charge in [0.2, 0.25) is 0 Å². The zero-order valence-electron chi connectivity index (χ0n) is 15.0. The largest absolute Gasteiger partial charge is 0.508 e. The summed E-state index contributed by atoms with van der Waals surface area (Å²) in [5, 5.41) is 8.82. The molecule has 0 radical (unpaired) electrons. The molecule has 0 atom stereocenters. The molecule has 3 heteroatoms. The number of hydrogen-bond acceptors (Lipinski definition) is 3. The van der Waals surface area contributed by atoms with Gasteiger partial charge < -0.3 is 9.84 Å². The van der Waals surface area contributed by atoms with Crippen molar-refractivity contribution in [2.75, 3.05) is 0 Å². The lowest BCUT2D eigenvalue weighted by molar-refractivity contribution is -0.166. The highest BCUT2D eigenvalue weighted by atomic mass is 16.5. The lowest BCUT2D eigenvalue weighted by atomic mass is 9.55. The third-order valence-electron chi connectivity index (χ3n) is 5.86. The Morgan fingerprint density at radius 2 is 1.60 bits per heavy atom. The van der Waals surface area contributed by atoms with Crippen molar-refractivity contribution in [2.45, 2.75) is 45.1 Å². The van der Waals surface area contributed by atoms with Gasteiger partial charge in [0.15, 0.2) is 0 Å². The number of hydrogen-bond donors (Lipinski definition) is 1. The van der Waals surface area contributed by atoms with E-state index in [1.54, 1.807) is 25.1 Å². The maximum atomic E-state index is 11.6. The lowest BCUT2D eigenvalue weighted by Crippen LogP contribution is -2.50. The van der Waals surface area contributed by atoms with Crippen LogP contribution in [0.3, 0.4) is 0 Å². The Morgan fingerprint density at radius 3 is 2.04 bits per heavy atom. The second-order valence-electron chi connectivity index (χ2n) is 7.88. The predicted molar refractivity (Wildman–Crippen MR) is 99.9 cm³/mol. The van der Waals surface area contributed by atoms with E-state index >= 15 is 0 Å². The van der Waals surface area contributed by atoms with E-state index in [0.29, 0.717) is 23.2 Å². The average molecular weight is 340 g/mol. The minimum atomic E-state index is -0.183. The zero-order chi connectivity index (χ0) is 18.0. The fraction of sp³-hybridized carbons (Fsp3) is 0.500. The van der Waals surface area contributed by atoms with Crippen LogP contribution in [0, 0.1) is 23.7 Å². The van der Waals surface area contributed by atoms with Crippen molar-refractivity contribution in [3.63, 3.8) is 0 Å². The number of phenols is 1. The molecule has 0 aliphatic heterocycles. The highest BCUT2D eigenvalue weighted by molar-refractivity contribution is 5.87. The van der Waals surface area contributed by atoms with Crippen LogP contribution in [0.15, 0.2) is 43.0 Å². The highest BCUT2D eigenvalue weighted by Gasteiger charge is 2.49.